The van der Waals surface area contributed by atoms with E-state index < -0.39 is 5.91 Å². The number of ether oxygens (including phenoxy) is 1. The number of carbonyl (C=O) groups excluding carboxylic acids is 2. The molecular formula is C15H23N3O3. The smallest absolute Gasteiger partial charge is 0.225 e. The average molecular weight is 293 g/mol. The van der Waals surface area contributed by atoms with Crippen LogP contribution < -0.4 is 21.1 Å². The second kappa shape index (κ2) is 8.97. The summed E-state index contributed by atoms with van der Waals surface area (Å²) in [6.07, 6.45) is 0.603. The molecule has 1 aromatic rings. The first-order valence-electron chi connectivity index (χ1n) is 7.05. The number of hydrogen-bond donors (Lipinski definition) is 3. The summed E-state index contributed by atoms with van der Waals surface area (Å²) >= 11 is 0. The maximum absolute atomic E-state index is 11.8. The van der Waals surface area contributed by atoms with E-state index in [1.807, 2.05) is 13.8 Å². The molecule has 0 aliphatic carbocycles. The van der Waals surface area contributed by atoms with Gasteiger partial charge in [-0.1, -0.05) is 6.92 Å². The van der Waals surface area contributed by atoms with E-state index in [9.17, 15) is 9.59 Å². The fourth-order valence-corrected chi connectivity index (χ4v) is 1.81. The van der Waals surface area contributed by atoms with E-state index in [4.69, 9.17) is 10.5 Å². The molecular weight excluding hydrogens is 270 g/mol. The van der Waals surface area contributed by atoms with Crippen LogP contribution in [-0.4, -0.2) is 31.0 Å². The van der Waals surface area contributed by atoms with Crippen LogP contribution in [0.3, 0.4) is 0 Å². The van der Waals surface area contributed by atoms with Crippen molar-refractivity contribution in [1.29, 1.82) is 0 Å². The number of amides is 2. The summed E-state index contributed by atoms with van der Waals surface area (Å²) in [7, 11) is 0. The molecule has 0 saturated carbocycles. The first-order valence-corrected chi connectivity index (χ1v) is 7.05. The topological polar surface area (TPSA) is 93.4 Å². The van der Waals surface area contributed by atoms with Gasteiger partial charge in [0.2, 0.25) is 11.8 Å². The minimum Gasteiger partial charge on any atom is -0.493 e. The van der Waals surface area contributed by atoms with Crippen LogP contribution in [0.2, 0.25) is 0 Å². The van der Waals surface area contributed by atoms with E-state index in [2.05, 4.69) is 10.6 Å². The monoisotopic (exact) mass is 293 g/mol. The van der Waals surface area contributed by atoms with Gasteiger partial charge in [-0.25, -0.2) is 0 Å². The predicted octanol–water partition coefficient (Wildman–Crippen LogP) is 1.27. The molecule has 0 spiro atoms. The summed E-state index contributed by atoms with van der Waals surface area (Å²) in [5, 5.41) is 6.01. The predicted molar refractivity (Wildman–Crippen MR) is 82.1 cm³/mol. The normalized spacial score (nSPS) is 11.7. The molecule has 0 aliphatic heterocycles. The van der Waals surface area contributed by atoms with Gasteiger partial charge in [-0.15, -0.1) is 0 Å². The summed E-state index contributed by atoms with van der Waals surface area (Å²) in [5.41, 5.74) is 5.74. The molecule has 116 valence electrons. The lowest BCUT2D eigenvalue weighted by Crippen LogP contribution is -2.30. The molecule has 4 N–H and O–H groups in total. The Kier molecular flexibility index (Phi) is 7.25. The summed E-state index contributed by atoms with van der Waals surface area (Å²) in [5.74, 6) is 0.204. The highest BCUT2D eigenvalue weighted by atomic mass is 16.5. The van der Waals surface area contributed by atoms with E-state index >= 15 is 0 Å². The third kappa shape index (κ3) is 7.31. The van der Waals surface area contributed by atoms with Crippen molar-refractivity contribution in [2.24, 2.45) is 5.73 Å². The highest BCUT2D eigenvalue weighted by Crippen LogP contribution is 2.16. The van der Waals surface area contributed by atoms with Crippen LogP contribution >= 0.6 is 0 Å². The summed E-state index contributed by atoms with van der Waals surface area (Å²) in [6.45, 7) is 5.07. The molecule has 1 aromatic carbocycles. The van der Waals surface area contributed by atoms with Crippen LogP contribution in [0.15, 0.2) is 24.3 Å². The van der Waals surface area contributed by atoms with Crippen LogP contribution in [0.1, 0.15) is 26.7 Å². The lowest BCUT2D eigenvalue weighted by molar-refractivity contribution is -0.118. The van der Waals surface area contributed by atoms with Crippen LogP contribution in [0.25, 0.3) is 0 Å². The number of hydrogen-bond acceptors (Lipinski definition) is 4. The Balaban J connectivity index is 2.39. The second-order valence-corrected chi connectivity index (χ2v) is 4.80. The van der Waals surface area contributed by atoms with Gasteiger partial charge in [0.15, 0.2) is 0 Å². The van der Waals surface area contributed by atoms with E-state index in [0.29, 0.717) is 17.9 Å². The number of nitrogens with one attached hydrogen (secondary N) is 2. The highest BCUT2D eigenvalue weighted by molar-refractivity contribution is 5.91. The van der Waals surface area contributed by atoms with Gasteiger partial charge in [-0.05, 0) is 37.7 Å². The minimum absolute atomic E-state index is 0.0363. The van der Waals surface area contributed by atoms with E-state index in [1.54, 1.807) is 24.3 Å². The average Bonchev–Trinajstić information content (AvgIpc) is 2.40. The standard InChI is InChI=1S/C15H23N3O3/c1-3-17-11(2)10-15(20)18-12-4-6-13(7-5-12)21-9-8-14(16)19/h4-7,11,17H,3,8-10H2,1-2H3,(H2,16,19)(H,18,20). The Labute approximate surface area is 125 Å². The lowest BCUT2D eigenvalue weighted by atomic mass is 10.2. The molecule has 2 amide bonds. The molecule has 0 saturated heterocycles. The van der Waals surface area contributed by atoms with Crippen molar-refractivity contribution in [3.05, 3.63) is 24.3 Å². The van der Waals surface area contributed by atoms with Crippen LogP contribution in [0.5, 0.6) is 5.75 Å². The lowest BCUT2D eigenvalue weighted by Gasteiger charge is -2.12. The number of carbonyl (C=O) groups is 2. The SMILES string of the molecule is CCNC(C)CC(=O)Nc1ccc(OCCC(N)=O)cc1. The largest absolute Gasteiger partial charge is 0.493 e. The third-order valence-corrected chi connectivity index (χ3v) is 2.80. The number of nitrogens with two attached hydrogens (primary N) is 1. The molecule has 0 radical (unpaired) electrons. The van der Waals surface area contributed by atoms with Gasteiger partial charge in [-0.2, -0.15) is 0 Å². The van der Waals surface area contributed by atoms with Gasteiger partial charge in [0.25, 0.3) is 0 Å². The van der Waals surface area contributed by atoms with Crippen molar-refractivity contribution in [3.8, 4) is 5.75 Å². The first kappa shape index (κ1) is 17.0. The Hall–Kier alpha value is -2.08. The van der Waals surface area contributed by atoms with Gasteiger partial charge in [0.05, 0.1) is 13.0 Å². The first-order chi connectivity index (χ1) is 10.0. The second-order valence-electron chi connectivity index (χ2n) is 4.80. The molecule has 21 heavy (non-hydrogen) atoms. The molecule has 1 rings (SSSR count). The van der Waals surface area contributed by atoms with Gasteiger partial charge < -0.3 is 21.1 Å². The molecule has 0 aliphatic rings. The molecule has 1 atom stereocenters. The molecule has 6 nitrogen and oxygen atoms in total. The fourth-order valence-electron chi connectivity index (χ4n) is 1.81. The Morgan fingerprint density at radius 3 is 2.52 bits per heavy atom. The zero-order valence-electron chi connectivity index (χ0n) is 12.5. The fraction of sp³-hybridized carbons (Fsp3) is 0.467. The number of anilines is 1. The van der Waals surface area contributed by atoms with Crippen LogP contribution in [-0.2, 0) is 9.59 Å². The number of primary amides is 1. The van der Waals surface area contributed by atoms with Crippen molar-refractivity contribution in [3.63, 3.8) is 0 Å². The minimum atomic E-state index is -0.395. The van der Waals surface area contributed by atoms with Crippen LogP contribution in [0.4, 0.5) is 5.69 Å². The van der Waals surface area contributed by atoms with Gasteiger partial charge >= 0.3 is 0 Å². The molecule has 0 aromatic heterocycles. The Morgan fingerprint density at radius 2 is 1.95 bits per heavy atom. The maximum atomic E-state index is 11.8. The van der Waals surface area contributed by atoms with Crippen molar-refractivity contribution in [2.75, 3.05) is 18.5 Å². The zero-order chi connectivity index (χ0) is 15.7. The van der Waals surface area contributed by atoms with Crippen LogP contribution in [0, 0.1) is 0 Å². The summed E-state index contributed by atoms with van der Waals surface area (Å²) < 4.78 is 5.35. The van der Waals surface area contributed by atoms with E-state index in [0.717, 1.165) is 6.54 Å². The van der Waals surface area contributed by atoms with E-state index in [1.165, 1.54) is 0 Å². The van der Waals surface area contributed by atoms with Crippen molar-refractivity contribution in [1.82, 2.24) is 5.32 Å². The third-order valence-electron chi connectivity index (χ3n) is 2.80. The molecule has 0 heterocycles. The Bertz CT molecular complexity index is 460. The Morgan fingerprint density at radius 1 is 1.29 bits per heavy atom. The van der Waals surface area contributed by atoms with Gasteiger partial charge in [0.1, 0.15) is 5.75 Å². The molecule has 1 unspecified atom stereocenters. The molecule has 0 bridgehead atoms. The molecule has 0 fully saturated rings. The zero-order valence-corrected chi connectivity index (χ0v) is 12.5. The van der Waals surface area contributed by atoms with Crippen molar-refractivity contribution >= 4 is 17.5 Å². The van der Waals surface area contributed by atoms with Crippen molar-refractivity contribution in [2.45, 2.75) is 32.7 Å². The molecule has 6 heteroatoms. The quantitative estimate of drug-likeness (QED) is 0.639. The maximum Gasteiger partial charge on any atom is 0.225 e. The van der Waals surface area contributed by atoms with Gasteiger partial charge in [0, 0.05) is 18.2 Å². The van der Waals surface area contributed by atoms with E-state index in [-0.39, 0.29) is 25.0 Å². The van der Waals surface area contributed by atoms with Gasteiger partial charge in [-0.3, -0.25) is 9.59 Å². The summed E-state index contributed by atoms with van der Waals surface area (Å²) in [6, 6.07) is 7.14. The number of benzene rings is 1. The summed E-state index contributed by atoms with van der Waals surface area (Å²) in [4.78, 5) is 22.4. The highest BCUT2D eigenvalue weighted by Gasteiger charge is 2.08. The number of rotatable bonds is 9. The van der Waals surface area contributed by atoms with Crippen molar-refractivity contribution < 1.29 is 14.3 Å².